The molecule has 2 rings (SSSR count). The lowest BCUT2D eigenvalue weighted by molar-refractivity contribution is -0.132. The van der Waals surface area contributed by atoms with Crippen LogP contribution < -0.4 is 11.1 Å². The summed E-state index contributed by atoms with van der Waals surface area (Å²) in [6, 6.07) is -0.446. The Labute approximate surface area is 74.8 Å². The first-order chi connectivity index (χ1) is 6.18. The monoisotopic (exact) mass is 182 g/mol. The van der Waals surface area contributed by atoms with E-state index in [1.807, 2.05) is 0 Å². The molecule has 0 bridgehead atoms. The van der Waals surface area contributed by atoms with E-state index in [9.17, 15) is 9.59 Å². The Hall–Kier alpha value is -1.59. The van der Waals surface area contributed by atoms with Crippen molar-refractivity contribution >= 4 is 17.8 Å². The number of nitrogens with zero attached hydrogens (tertiary/aromatic N) is 2. The Balaban J connectivity index is 2.28. The summed E-state index contributed by atoms with van der Waals surface area (Å²) in [6.45, 7) is 1.18. The van der Waals surface area contributed by atoms with E-state index in [1.54, 1.807) is 4.90 Å². The van der Waals surface area contributed by atoms with Gasteiger partial charge in [0.1, 0.15) is 6.04 Å². The minimum absolute atomic E-state index is 0.131. The summed E-state index contributed by atoms with van der Waals surface area (Å²) in [6.07, 6.45) is 0.131. The number of rotatable bonds is 0. The van der Waals surface area contributed by atoms with Crippen LogP contribution in [0.1, 0.15) is 6.42 Å². The van der Waals surface area contributed by atoms with Gasteiger partial charge in [-0.15, -0.1) is 0 Å². The molecule has 0 aromatic carbocycles. The number of nitrogens with one attached hydrogen (secondary N) is 1. The van der Waals surface area contributed by atoms with E-state index in [4.69, 9.17) is 5.73 Å². The van der Waals surface area contributed by atoms with E-state index in [1.165, 1.54) is 0 Å². The molecule has 1 fully saturated rings. The summed E-state index contributed by atoms with van der Waals surface area (Å²) in [7, 11) is 0. The third-order valence-corrected chi connectivity index (χ3v) is 2.23. The van der Waals surface area contributed by atoms with Crippen LogP contribution >= 0.6 is 0 Å². The molecule has 6 nitrogen and oxygen atoms in total. The van der Waals surface area contributed by atoms with Gasteiger partial charge in [0.15, 0.2) is 5.96 Å². The molecule has 0 aromatic heterocycles. The van der Waals surface area contributed by atoms with Gasteiger partial charge in [0.05, 0.1) is 6.42 Å². The maximum absolute atomic E-state index is 11.3. The summed E-state index contributed by atoms with van der Waals surface area (Å²) in [5.74, 6) is -0.302. The van der Waals surface area contributed by atoms with E-state index in [0.717, 1.165) is 0 Å². The molecule has 1 saturated heterocycles. The van der Waals surface area contributed by atoms with Gasteiger partial charge in [-0.2, -0.15) is 4.99 Å². The van der Waals surface area contributed by atoms with Crippen molar-refractivity contribution in [2.75, 3.05) is 13.1 Å². The average molecular weight is 182 g/mol. The summed E-state index contributed by atoms with van der Waals surface area (Å²) in [5, 5.41) is 2.68. The zero-order chi connectivity index (χ0) is 9.42. The Morgan fingerprint density at radius 2 is 2.31 bits per heavy atom. The molecule has 0 radical (unpaired) electrons. The molecule has 70 valence electrons. The van der Waals surface area contributed by atoms with Gasteiger partial charge in [-0.3, -0.25) is 9.59 Å². The number of carbonyl (C=O) groups is 2. The van der Waals surface area contributed by atoms with Crippen molar-refractivity contribution < 1.29 is 9.59 Å². The van der Waals surface area contributed by atoms with Crippen LogP contribution in [-0.4, -0.2) is 41.8 Å². The van der Waals surface area contributed by atoms with E-state index < -0.39 is 6.04 Å². The predicted molar refractivity (Wildman–Crippen MR) is 44.8 cm³/mol. The largest absolute Gasteiger partial charge is 0.369 e. The number of aliphatic imine (C=N–C) groups is 1. The highest BCUT2D eigenvalue weighted by Gasteiger charge is 2.35. The van der Waals surface area contributed by atoms with Crippen molar-refractivity contribution in [3.05, 3.63) is 0 Å². The molecular formula is C7H10N4O2. The molecule has 2 amide bonds. The first kappa shape index (κ1) is 8.03. The second-order valence-corrected chi connectivity index (χ2v) is 3.07. The van der Waals surface area contributed by atoms with Crippen molar-refractivity contribution in [2.45, 2.75) is 12.5 Å². The fraction of sp³-hybridized carbons (Fsp3) is 0.571. The first-order valence-corrected chi connectivity index (χ1v) is 4.10. The Morgan fingerprint density at radius 1 is 1.54 bits per heavy atom. The maximum atomic E-state index is 11.3. The highest BCUT2D eigenvalue weighted by molar-refractivity contribution is 6.01. The Morgan fingerprint density at radius 3 is 3.08 bits per heavy atom. The minimum atomic E-state index is -0.446. The molecule has 3 N–H and O–H groups in total. The predicted octanol–water partition coefficient (Wildman–Crippen LogP) is -1.97. The molecule has 0 aromatic rings. The highest BCUT2D eigenvalue weighted by atomic mass is 16.2. The van der Waals surface area contributed by atoms with E-state index in [-0.39, 0.29) is 24.2 Å². The van der Waals surface area contributed by atoms with Crippen LogP contribution in [0.3, 0.4) is 0 Å². The van der Waals surface area contributed by atoms with Gasteiger partial charge in [0, 0.05) is 13.1 Å². The van der Waals surface area contributed by atoms with Gasteiger partial charge in [-0.25, -0.2) is 0 Å². The summed E-state index contributed by atoms with van der Waals surface area (Å²) < 4.78 is 0. The van der Waals surface area contributed by atoms with Crippen molar-refractivity contribution in [2.24, 2.45) is 10.7 Å². The SMILES string of the molecule is NC1=NC(=O)CC2C(=O)NCCN12. The number of amides is 2. The Kier molecular flexibility index (Phi) is 1.68. The third-order valence-electron chi connectivity index (χ3n) is 2.23. The number of fused-ring (bicyclic) bond motifs is 1. The molecular weight excluding hydrogens is 172 g/mol. The molecule has 0 aliphatic carbocycles. The lowest BCUT2D eigenvalue weighted by Gasteiger charge is -2.37. The summed E-state index contributed by atoms with van der Waals surface area (Å²) in [5.41, 5.74) is 5.52. The molecule has 2 heterocycles. The van der Waals surface area contributed by atoms with E-state index in [2.05, 4.69) is 10.3 Å². The number of hydrogen-bond acceptors (Lipinski definition) is 4. The molecule has 1 unspecified atom stereocenters. The van der Waals surface area contributed by atoms with Crippen molar-refractivity contribution in [1.82, 2.24) is 10.2 Å². The fourth-order valence-corrected chi connectivity index (χ4v) is 1.59. The van der Waals surface area contributed by atoms with Gasteiger partial charge in [0.25, 0.3) is 5.91 Å². The molecule has 13 heavy (non-hydrogen) atoms. The number of piperazine rings is 1. The van der Waals surface area contributed by atoms with Gasteiger partial charge in [-0.1, -0.05) is 0 Å². The number of carbonyl (C=O) groups excluding carboxylic acids is 2. The van der Waals surface area contributed by atoms with Crippen LogP contribution in [0.4, 0.5) is 0 Å². The molecule has 0 spiro atoms. The first-order valence-electron chi connectivity index (χ1n) is 4.10. The quantitative estimate of drug-likeness (QED) is 0.455. The van der Waals surface area contributed by atoms with Crippen LogP contribution in [0.2, 0.25) is 0 Å². The van der Waals surface area contributed by atoms with Crippen LogP contribution in [-0.2, 0) is 9.59 Å². The van der Waals surface area contributed by atoms with Crippen molar-refractivity contribution in [3.63, 3.8) is 0 Å². The van der Waals surface area contributed by atoms with Crippen LogP contribution in [0, 0.1) is 0 Å². The van der Waals surface area contributed by atoms with E-state index in [0.29, 0.717) is 13.1 Å². The van der Waals surface area contributed by atoms with Crippen LogP contribution in [0.5, 0.6) is 0 Å². The lowest BCUT2D eigenvalue weighted by atomic mass is 10.1. The number of nitrogens with two attached hydrogens (primary N) is 1. The minimum Gasteiger partial charge on any atom is -0.369 e. The standard InChI is InChI=1S/C7H10N4O2/c8-7-10-5(12)3-4-6(13)9-1-2-11(4)7/h4H,1-3H2,(H,9,13)(H2,8,10,12). The number of hydrogen-bond donors (Lipinski definition) is 2. The summed E-state index contributed by atoms with van der Waals surface area (Å²) >= 11 is 0. The fourth-order valence-electron chi connectivity index (χ4n) is 1.59. The third kappa shape index (κ3) is 1.24. The van der Waals surface area contributed by atoms with Crippen molar-refractivity contribution in [1.29, 1.82) is 0 Å². The summed E-state index contributed by atoms with van der Waals surface area (Å²) in [4.78, 5) is 27.6. The zero-order valence-electron chi connectivity index (χ0n) is 6.99. The normalized spacial score (nSPS) is 27.8. The Bertz CT molecular complexity index is 299. The van der Waals surface area contributed by atoms with Crippen LogP contribution in [0.25, 0.3) is 0 Å². The van der Waals surface area contributed by atoms with Gasteiger partial charge >= 0.3 is 0 Å². The zero-order valence-corrected chi connectivity index (χ0v) is 6.99. The van der Waals surface area contributed by atoms with Crippen LogP contribution in [0.15, 0.2) is 4.99 Å². The van der Waals surface area contributed by atoms with E-state index >= 15 is 0 Å². The molecule has 0 saturated carbocycles. The molecule has 6 heteroatoms. The second kappa shape index (κ2) is 2.72. The topological polar surface area (TPSA) is 87.8 Å². The second-order valence-electron chi connectivity index (χ2n) is 3.07. The maximum Gasteiger partial charge on any atom is 0.251 e. The van der Waals surface area contributed by atoms with Gasteiger partial charge in [0.2, 0.25) is 5.91 Å². The van der Waals surface area contributed by atoms with Crippen molar-refractivity contribution in [3.8, 4) is 0 Å². The molecule has 2 aliphatic heterocycles. The number of guanidine groups is 1. The van der Waals surface area contributed by atoms with Gasteiger partial charge in [-0.05, 0) is 0 Å². The highest BCUT2D eigenvalue weighted by Crippen LogP contribution is 2.13. The lowest BCUT2D eigenvalue weighted by Crippen LogP contribution is -2.61. The molecule has 1 atom stereocenters. The molecule has 2 aliphatic rings. The van der Waals surface area contributed by atoms with Gasteiger partial charge < -0.3 is 16.0 Å². The average Bonchev–Trinajstić information content (AvgIpc) is 2.07. The smallest absolute Gasteiger partial charge is 0.251 e.